The lowest BCUT2D eigenvalue weighted by Gasteiger charge is -2.21. The molecule has 0 aliphatic carbocycles. The highest BCUT2D eigenvalue weighted by molar-refractivity contribution is 8.13. The molecular formula is C22H26N2S. The van der Waals surface area contributed by atoms with Gasteiger partial charge in [0.1, 0.15) is 0 Å². The summed E-state index contributed by atoms with van der Waals surface area (Å²) >= 11 is 1.64. The molecule has 2 nitrogen and oxygen atoms in total. The van der Waals surface area contributed by atoms with Crippen molar-refractivity contribution in [1.82, 2.24) is 0 Å². The first-order chi connectivity index (χ1) is 12.2. The van der Waals surface area contributed by atoms with Crippen molar-refractivity contribution >= 4 is 28.3 Å². The lowest BCUT2D eigenvalue weighted by Crippen LogP contribution is -2.24. The Balaban J connectivity index is 2.29. The third-order valence-corrected chi connectivity index (χ3v) is 4.60. The lowest BCUT2D eigenvalue weighted by molar-refractivity contribution is 0.828. The molecule has 2 rings (SSSR count). The van der Waals surface area contributed by atoms with Crippen LogP contribution in [0.5, 0.6) is 0 Å². The summed E-state index contributed by atoms with van der Waals surface area (Å²) in [5, 5.41) is 0.951. The standard InChI is InChI=1S/C22H26N2S/c1-5-6-7-8-11-19-12-9-10-13-21(19)24(3)22(25-4)23-20-16-14-18(2)15-17-20/h9-10,12-17H,5-7H2,1-4H3. The minimum absolute atomic E-state index is 0.946. The third kappa shape index (κ3) is 5.69. The van der Waals surface area contributed by atoms with Crippen molar-refractivity contribution in [2.75, 3.05) is 18.2 Å². The minimum Gasteiger partial charge on any atom is -0.323 e. The molecule has 0 unspecified atom stereocenters. The van der Waals surface area contributed by atoms with Gasteiger partial charge in [0.25, 0.3) is 0 Å². The number of rotatable bonds is 4. The van der Waals surface area contributed by atoms with E-state index in [4.69, 9.17) is 4.99 Å². The number of nitrogens with zero attached hydrogens (tertiary/aromatic N) is 2. The average molecular weight is 351 g/mol. The van der Waals surface area contributed by atoms with E-state index in [2.05, 4.69) is 80.3 Å². The predicted octanol–water partition coefficient (Wildman–Crippen LogP) is 6.02. The Morgan fingerprint density at radius 2 is 1.84 bits per heavy atom. The normalized spacial score (nSPS) is 11.0. The molecule has 0 heterocycles. The minimum atomic E-state index is 0.946. The first-order valence-electron chi connectivity index (χ1n) is 8.66. The molecule has 25 heavy (non-hydrogen) atoms. The highest BCUT2D eigenvalue weighted by atomic mass is 32.2. The maximum Gasteiger partial charge on any atom is 0.168 e. The van der Waals surface area contributed by atoms with E-state index in [-0.39, 0.29) is 0 Å². The fraction of sp³-hybridized carbons (Fsp3) is 0.318. The molecule has 0 saturated carbocycles. The number of aryl methyl sites for hydroxylation is 1. The predicted molar refractivity (Wildman–Crippen MR) is 113 cm³/mol. The van der Waals surface area contributed by atoms with Gasteiger partial charge in [0.15, 0.2) is 5.17 Å². The van der Waals surface area contributed by atoms with E-state index in [1.54, 1.807) is 11.8 Å². The van der Waals surface area contributed by atoms with Gasteiger partial charge in [0, 0.05) is 19.0 Å². The molecule has 0 radical (unpaired) electrons. The van der Waals surface area contributed by atoms with Gasteiger partial charge in [-0.25, -0.2) is 4.99 Å². The van der Waals surface area contributed by atoms with Crippen LogP contribution in [-0.2, 0) is 0 Å². The van der Waals surface area contributed by atoms with Crippen LogP contribution in [0.1, 0.15) is 37.3 Å². The van der Waals surface area contributed by atoms with Crippen molar-refractivity contribution in [3.63, 3.8) is 0 Å². The van der Waals surface area contributed by atoms with Crippen molar-refractivity contribution in [3.05, 3.63) is 59.7 Å². The van der Waals surface area contributed by atoms with Gasteiger partial charge in [0.05, 0.1) is 11.4 Å². The van der Waals surface area contributed by atoms with Crippen molar-refractivity contribution in [2.45, 2.75) is 33.1 Å². The molecule has 130 valence electrons. The number of para-hydroxylation sites is 1. The van der Waals surface area contributed by atoms with Crippen molar-refractivity contribution in [3.8, 4) is 11.8 Å². The highest BCUT2D eigenvalue weighted by Gasteiger charge is 2.11. The topological polar surface area (TPSA) is 15.6 Å². The van der Waals surface area contributed by atoms with Crippen LogP contribution in [0.4, 0.5) is 11.4 Å². The molecule has 3 heteroatoms. The van der Waals surface area contributed by atoms with E-state index >= 15 is 0 Å². The maximum atomic E-state index is 4.80. The van der Waals surface area contributed by atoms with Gasteiger partial charge in [0.2, 0.25) is 0 Å². The Kier molecular flexibility index (Phi) is 7.63. The van der Waals surface area contributed by atoms with Crippen molar-refractivity contribution in [2.24, 2.45) is 4.99 Å². The molecule has 2 aromatic rings. The second-order valence-electron chi connectivity index (χ2n) is 5.92. The van der Waals surface area contributed by atoms with E-state index in [1.165, 1.54) is 12.0 Å². The Morgan fingerprint density at radius 1 is 1.12 bits per heavy atom. The van der Waals surface area contributed by atoms with E-state index in [9.17, 15) is 0 Å². The van der Waals surface area contributed by atoms with Crippen LogP contribution in [0.15, 0.2) is 53.5 Å². The molecule has 0 spiro atoms. The smallest absolute Gasteiger partial charge is 0.168 e. The maximum absolute atomic E-state index is 4.80. The molecule has 0 bridgehead atoms. The second kappa shape index (κ2) is 9.96. The zero-order valence-electron chi connectivity index (χ0n) is 15.5. The number of thioether (sulfide) groups is 1. The summed E-state index contributed by atoms with van der Waals surface area (Å²) in [6.45, 7) is 4.28. The molecule has 0 fully saturated rings. The number of aliphatic imine (C=N–C) groups is 1. The van der Waals surface area contributed by atoms with Crippen LogP contribution in [0.3, 0.4) is 0 Å². The van der Waals surface area contributed by atoms with Crippen LogP contribution in [0, 0.1) is 18.8 Å². The highest BCUT2D eigenvalue weighted by Crippen LogP contribution is 2.24. The summed E-state index contributed by atoms with van der Waals surface area (Å²) in [4.78, 5) is 6.92. The monoisotopic (exact) mass is 350 g/mol. The van der Waals surface area contributed by atoms with E-state index in [0.717, 1.165) is 34.9 Å². The molecule has 0 aromatic heterocycles. The van der Waals surface area contributed by atoms with E-state index < -0.39 is 0 Å². The molecule has 0 aliphatic heterocycles. The van der Waals surface area contributed by atoms with Gasteiger partial charge in [-0.2, -0.15) is 0 Å². The van der Waals surface area contributed by atoms with Gasteiger partial charge >= 0.3 is 0 Å². The number of amidine groups is 1. The number of benzene rings is 2. The Morgan fingerprint density at radius 3 is 2.52 bits per heavy atom. The summed E-state index contributed by atoms with van der Waals surface area (Å²) in [6, 6.07) is 16.5. The number of hydrogen-bond acceptors (Lipinski definition) is 2. The summed E-state index contributed by atoms with van der Waals surface area (Å²) < 4.78 is 0. The molecule has 0 N–H and O–H groups in total. The van der Waals surface area contributed by atoms with Gasteiger partial charge in [-0.3, -0.25) is 0 Å². The second-order valence-corrected chi connectivity index (χ2v) is 6.69. The Hall–Kier alpha value is -2.18. The van der Waals surface area contributed by atoms with Gasteiger partial charge in [-0.1, -0.05) is 66.8 Å². The van der Waals surface area contributed by atoms with Crippen LogP contribution >= 0.6 is 11.8 Å². The van der Waals surface area contributed by atoms with Crippen LogP contribution in [0.2, 0.25) is 0 Å². The largest absolute Gasteiger partial charge is 0.323 e. The van der Waals surface area contributed by atoms with Gasteiger partial charge < -0.3 is 4.90 Å². The summed E-state index contributed by atoms with van der Waals surface area (Å²) in [5.74, 6) is 6.61. The fourth-order valence-electron chi connectivity index (χ4n) is 2.39. The average Bonchev–Trinajstić information content (AvgIpc) is 2.64. The van der Waals surface area contributed by atoms with E-state index in [0.29, 0.717) is 0 Å². The summed E-state index contributed by atoms with van der Waals surface area (Å²) in [5.41, 5.74) is 4.34. The summed E-state index contributed by atoms with van der Waals surface area (Å²) in [7, 11) is 2.05. The molecule has 0 amide bonds. The van der Waals surface area contributed by atoms with Crippen LogP contribution in [-0.4, -0.2) is 18.5 Å². The quantitative estimate of drug-likeness (QED) is 0.290. The third-order valence-electron chi connectivity index (χ3n) is 3.87. The zero-order chi connectivity index (χ0) is 18.1. The van der Waals surface area contributed by atoms with Crippen LogP contribution < -0.4 is 4.90 Å². The van der Waals surface area contributed by atoms with Crippen LogP contribution in [0.25, 0.3) is 0 Å². The SMILES string of the molecule is CCCCC#Cc1ccccc1N(C)C(=Nc1ccc(C)cc1)SC. The fourth-order valence-corrected chi connectivity index (χ4v) is 2.95. The van der Waals surface area contributed by atoms with Gasteiger partial charge in [-0.15, -0.1) is 0 Å². The summed E-state index contributed by atoms with van der Waals surface area (Å²) in [6.07, 6.45) is 5.33. The number of anilines is 1. The number of unbranched alkanes of at least 4 members (excludes halogenated alkanes) is 2. The Labute approximate surface area is 156 Å². The molecule has 0 aliphatic rings. The van der Waals surface area contributed by atoms with Crippen molar-refractivity contribution < 1.29 is 0 Å². The first-order valence-corrected chi connectivity index (χ1v) is 9.89. The molecular weight excluding hydrogens is 324 g/mol. The Bertz CT molecular complexity index is 767. The van der Waals surface area contributed by atoms with Crippen molar-refractivity contribution in [1.29, 1.82) is 0 Å². The van der Waals surface area contributed by atoms with E-state index in [1.807, 2.05) is 12.1 Å². The molecule has 0 saturated heterocycles. The first kappa shape index (κ1) is 19.1. The molecule has 0 atom stereocenters. The number of hydrogen-bond donors (Lipinski definition) is 0. The van der Waals surface area contributed by atoms with Gasteiger partial charge in [-0.05, 0) is 43.9 Å². The lowest BCUT2D eigenvalue weighted by atomic mass is 10.1. The molecule has 2 aromatic carbocycles. The zero-order valence-corrected chi connectivity index (χ0v) is 16.4.